The summed E-state index contributed by atoms with van der Waals surface area (Å²) in [5.74, 6) is 5.95. The van der Waals surface area contributed by atoms with E-state index in [4.69, 9.17) is 4.74 Å². The van der Waals surface area contributed by atoms with Crippen LogP contribution in [0.15, 0.2) is 91.0 Å². The minimum atomic E-state index is -0.336. The molecule has 0 heterocycles. The molecule has 5 aromatic carbocycles. The molecular weight excluding hydrogens is 474 g/mol. The predicted molar refractivity (Wildman–Crippen MR) is 152 cm³/mol. The minimum Gasteiger partial charge on any atom is -0.494 e. The molecule has 0 aliphatic carbocycles. The van der Waals surface area contributed by atoms with Crippen LogP contribution in [0.4, 0.5) is 8.78 Å². The molecule has 0 N–H and O–H groups in total. The van der Waals surface area contributed by atoms with Crippen molar-refractivity contribution in [3.8, 4) is 39.8 Å². The first kappa shape index (κ1) is 25.2. The molecule has 1 nitrogen and oxygen atoms in total. The van der Waals surface area contributed by atoms with Crippen molar-refractivity contribution in [3.63, 3.8) is 0 Å². The first-order valence-electron chi connectivity index (χ1n) is 12.8. The van der Waals surface area contributed by atoms with Gasteiger partial charge >= 0.3 is 0 Å². The van der Waals surface area contributed by atoms with E-state index in [-0.39, 0.29) is 11.6 Å². The summed E-state index contributed by atoms with van der Waals surface area (Å²) < 4.78 is 35.4. The van der Waals surface area contributed by atoms with Gasteiger partial charge in [0, 0.05) is 17.2 Å². The molecule has 0 atom stereocenters. The fourth-order valence-corrected chi connectivity index (χ4v) is 4.47. The molecule has 0 aliphatic rings. The Morgan fingerprint density at radius 2 is 1.37 bits per heavy atom. The molecule has 0 saturated carbocycles. The van der Waals surface area contributed by atoms with Crippen LogP contribution in [-0.2, 0) is 0 Å². The molecule has 0 aliphatic heterocycles. The quantitative estimate of drug-likeness (QED) is 0.218. The maximum Gasteiger partial charge on any atom is 0.139 e. The second kappa shape index (κ2) is 10.9. The first-order valence-corrected chi connectivity index (χ1v) is 12.8. The average molecular weight is 503 g/mol. The number of fused-ring (bicyclic) bond motifs is 1. The van der Waals surface area contributed by atoms with Crippen LogP contribution in [0.2, 0.25) is 0 Å². The number of benzene rings is 5. The fraction of sp³-hybridized carbons (Fsp3) is 0.143. The van der Waals surface area contributed by atoms with Crippen LogP contribution in [0.25, 0.3) is 33.0 Å². The van der Waals surface area contributed by atoms with Gasteiger partial charge in [0.25, 0.3) is 0 Å². The van der Waals surface area contributed by atoms with E-state index in [0.29, 0.717) is 23.5 Å². The van der Waals surface area contributed by atoms with Gasteiger partial charge in [-0.3, -0.25) is 0 Å². The monoisotopic (exact) mass is 502 g/mol. The Hall–Kier alpha value is -4.42. The Morgan fingerprint density at radius 1 is 0.658 bits per heavy atom. The molecule has 0 aromatic heterocycles. The fourth-order valence-electron chi connectivity index (χ4n) is 4.47. The first-order chi connectivity index (χ1) is 18.4. The predicted octanol–water partition coefficient (Wildman–Crippen LogP) is 9.26. The summed E-state index contributed by atoms with van der Waals surface area (Å²) in [6.07, 6.45) is 0.870. The summed E-state index contributed by atoms with van der Waals surface area (Å²) in [5.41, 5.74) is 6.24. The third-order valence-electron chi connectivity index (χ3n) is 6.57. The highest BCUT2D eigenvalue weighted by molar-refractivity contribution is 5.91. The lowest BCUT2D eigenvalue weighted by Gasteiger charge is -2.11. The molecule has 0 fully saturated rings. The van der Waals surface area contributed by atoms with Gasteiger partial charge in [0.1, 0.15) is 17.4 Å². The van der Waals surface area contributed by atoms with Crippen LogP contribution in [0.1, 0.15) is 35.6 Å². The number of halogens is 2. The van der Waals surface area contributed by atoms with Crippen molar-refractivity contribution in [1.82, 2.24) is 0 Å². The standard InChI is InChI=1S/C35H28F2O/c1-4-17-38-31-14-16-33(35(37)22-31)29-13-12-26-19-28(11-10-27(26)20-29)30-18-24(3)32(34(36)21-30)15-9-25-7-5-23(2)6-8-25/h5-8,10-14,16,18-22H,4,17H2,1-3H3. The Morgan fingerprint density at radius 3 is 2.05 bits per heavy atom. The molecule has 38 heavy (non-hydrogen) atoms. The molecule has 3 heteroatoms. The second-order valence-electron chi connectivity index (χ2n) is 9.53. The summed E-state index contributed by atoms with van der Waals surface area (Å²) >= 11 is 0. The van der Waals surface area contributed by atoms with E-state index in [0.717, 1.165) is 50.6 Å². The zero-order valence-electron chi connectivity index (χ0n) is 21.7. The van der Waals surface area contributed by atoms with Crippen molar-refractivity contribution in [3.05, 3.63) is 125 Å². The van der Waals surface area contributed by atoms with Gasteiger partial charge in [-0.1, -0.05) is 60.7 Å². The third-order valence-corrected chi connectivity index (χ3v) is 6.57. The number of ether oxygens (including phenoxy) is 1. The van der Waals surface area contributed by atoms with Crippen molar-refractivity contribution < 1.29 is 13.5 Å². The summed E-state index contributed by atoms with van der Waals surface area (Å²) in [7, 11) is 0. The minimum absolute atomic E-state index is 0.314. The second-order valence-corrected chi connectivity index (χ2v) is 9.53. The van der Waals surface area contributed by atoms with E-state index in [1.54, 1.807) is 18.2 Å². The molecular formula is C35H28F2O. The van der Waals surface area contributed by atoms with Crippen molar-refractivity contribution in [2.24, 2.45) is 0 Å². The van der Waals surface area contributed by atoms with Crippen LogP contribution in [0, 0.1) is 37.3 Å². The van der Waals surface area contributed by atoms with E-state index in [1.165, 1.54) is 6.07 Å². The zero-order valence-corrected chi connectivity index (χ0v) is 21.7. The van der Waals surface area contributed by atoms with E-state index in [9.17, 15) is 4.39 Å². The van der Waals surface area contributed by atoms with Crippen LogP contribution < -0.4 is 4.74 Å². The van der Waals surface area contributed by atoms with Crippen molar-refractivity contribution in [2.45, 2.75) is 27.2 Å². The van der Waals surface area contributed by atoms with Crippen molar-refractivity contribution >= 4 is 10.8 Å². The molecule has 0 unspecified atom stereocenters. The summed E-state index contributed by atoms with van der Waals surface area (Å²) in [5, 5.41) is 1.98. The molecule has 5 rings (SSSR count). The molecule has 0 amide bonds. The van der Waals surface area contributed by atoms with Crippen LogP contribution >= 0.6 is 0 Å². The summed E-state index contributed by atoms with van der Waals surface area (Å²) in [6.45, 7) is 6.48. The number of rotatable bonds is 5. The summed E-state index contributed by atoms with van der Waals surface area (Å²) in [6, 6.07) is 28.2. The smallest absolute Gasteiger partial charge is 0.139 e. The Balaban J connectivity index is 1.42. The average Bonchev–Trinajstić information content (AvgIpc) is 2.92. The topological polar surface area (TPSA) is 9.23 Å². The zero-order chi connectivity index (χ0) is 26.6. The van der Waals surface area contributed by atoms with Crippen molar-refractivity contribution in [2.75, 3.05) is 6.61 Å². The normalized spacial score (nSPS) is 10.8. The van der Waals surface area contributed by atoms with E-state index >= 15 is 4.39 Å². The number of hydrogen-bond donors (Lipinski definition) is 0. The molecule has 5 aromatic rings. The van der Waals surface area contributed by atoms with Gasteiger partial charge in [-0.25, -0.2) is 8.78 Å². The van der Waals surface area contributed by atoms with E-state index < -0.39 is 0 Å². The molecule has 0 saturated heterocycles. The van der Waals surface area contributed by atoms with Gasteiger partial charge in [-0.05, 0) is 102 Å². The van der Waals surface area contributed by atoms with Crippen LogP contribution in [0.3, 0.4) is 0 Å². The highest BCUT2D eigenvalue weighted by Gasteiger charge is 2.11. The van der Waals surface area contributed by atoms with Gasteiger partial charge in [-0.15, -0.1) is 0 Å². The Labute approximate surface area is 222 Å². The largest absolute Gasteiger partial charge is 0.494 e. The highest BCUT2D eigenvalue weighted by Crippen LogP contribution is 2.32. The van der Waals surface area contributed by atoms with Gasteiger partial charge in [0.15, 0.2) is 0 Å². The summed E-state index contributed by atoms with van der Waals surface area (Å²) in [4.78, 5) is 0. The highest BCUT2D eigenvalue weighted by atomic mass is 19.1. The third kappa shape index (κ3) is 5.45. The van der Waals surface area contributed by atoms with Crippen molar-refractivity contribution in [1.29, 1.82) is 0 Å². The van der Waals surface area contributed by atoms with E-state index in [2.05, 4.69) is 11.8 Å². The van der Waals surface area contributed by atoms with Crippen LogP contribution in [0.5, 0.6) is 5.75 Å². The molecule has 0 radical (unpaired) electrons. The Bertz CT molecular complexity index is 1660. The molecule has 0 bridgehead atoms. The maximum absolute atomic E-state index is 15.1. The Kier molecular flexibility index (Phi) is 7.24. The lowest BCUT2D eigenvalue weighted by atomic mass is 9.95. The number of aryl methyl sites for hydroxylation is 2. The molecule has 0 spiro atoms. The van der Waals surface area contributed by atoms with Gasteiger partial charge in [0.2, 0.25) is 0 Å². The maximum atomic E-state index is 15.1. The number of hydrogen-bond acceptors (Lipinski definition) is 1. The SMILES string of the molecule is CCCOc1ccc(-c2ccc3cc(-c4cc(C)c(C#Cc5ccc(C)cc5)c(F)c4)ccc3c2)c(F)c1. The van der Waals surface area contributed by atoms with Crippen LogP contribution in [-0.4, -0.2) is 6.61 Å². The molecule has 188 valence electrons. The van der Waals surface area contributed by atoms with E-state index in [1.807, 2.05) is 87.5 Å². The lowest BCUT2D eigenvalue weighted by Crippen LogP contribution is -1.96. The van der Waals surface area contributed by atoms with Gasteiger partial charge < -0.3 is 4.74 Å². The van der Waals surface area contributed by atoms with Gasteiger partial charge in [0.05, 0.1) is 12.2 Å². The lowest BCUT2D eigenvalue weighted by molar-refractivity contribution is 0.316. The van der Waals surface area contributed by atoms with Gasteiger partial charge in [-0.2, -0.15) is 0 Å².